The van der Waals surface area contributed by atoms with E-state index < -0.39 is 12.1 Å². The number of benzene rings is 3. The van der Waals surface area contributed by atoms with Gasteiger partial charge in [0.15, 0.2) is 5.69 Å². The van der Waals surface area contributed by atoms with Gasteiger partial charge in [-0.25, -0.2) is 9.07 Å². The Labute approximate surface area is 235 Å². The van der Waals surface area contributed by atoms with Crippen LogP contribution in [-0.4, -0.2) is 26.9 Å². The Hall–Kier alpha value is -3.45. The van der Waals surface area contributed by atoms with Gasteiger partial charge in [0.1, 0.15) is 5.82 Å². The van der Waals surface area contributed by atoms with Gasteiger partial charge in [-0.3, -0.25) is 4.79 Å². The maximum atomic E-state index is 13.8. The zero-order valence-corrected chi connectivity index (χ0v) is 22.5. The highest BCUT2D eigenvalue weighted by Crippen LogP contribution is 2.38. The lowest BCUT2D eigenvalue weighted by atomic mass is 10.0. The number of aliphatic hydroxyl groups excluding tert-OH is 1. The third kappa shape index (κ3) is 5.00. The molecule has 6 rings (SSSR count). The van der Waals surface area contributed by atoms with Crippen molar-refractivity contribution in [2.45, 2.75) is 44.2 Å². The molecule has 0 radical (unpaired) electrons. The normalized spacial score (nSPS) is 19.4. The van der Waals surface area contributed by atoms with Crippen molar-refractivity contribution in [3.05, 3.63) is 116 Å². The number of nitrogens with one attached hydrogen (secondary N) is 1. The third-order valence-corrected chi connectivity index (χ3v) is 8.00. The number of carbonyl (C=O) groups is 1. The Morgan fingerprint density at radius 1 is 1.05 bits per heavy atom. The van der Waals surface area contributed by atoms with Gasteiger partial charge in [0.25, 0.3) is 5.91 Å². The lowest BCUT2D eigenvalue weighted by molar-refractivity contribution is 0.0852. The second-order valence-corrected chi connectivity index (χ2v) is 10.9. The van der Waals surface area contributed by atoms with E-state index in [1.807, 2.05) is 30.3 Å². The first kappa shape index (κ1) is 25.8. The maximum absolute atomic E-state index is 13.8. The van der Waals surface area contributed by atoms with Crippen molar-refractivity contribution in [3.63, 3.8) is 0 Å². The second-order valence-electron chi connectivity index (χ2n) is 10.0. The lowest BCUT2D eigenvalue weighted by Crippen LogP contribution is -2.34. The average Bonchev–Trinajstić information content (AvgIpc) is 3.36. The molecule has 0 saturated carbocycles. The predicted molar refractivity (Wildman–Crippen MR) is 152 cm³/mol. The molecule has 2 aliphatic carbocycles. The molecule has 39 heavy (non-hydrogen) atoms. The van der Waals surface area contributed by atoms with Crippen LogP contribution in [0.3, 0.4) is 0 Å². The molecule has 0 bridgehead atoms. The standard InChI is InChI=1S/C31H26Cl2FN3O2/c32-21-11-14-26(25(33)17-21)37-30-20(15-18-9-12-22(34)13-10-18)6-2-4-8-24(30)29(36-37)31(39)35-28-23-7-3-1-5-19(23)16-27(28)38/h1,3,5,7,9-15,17,27-28,38H,2,4,6,8,16H2,(H,35,39)/b20-15+/t27-,28+/m1/s1. The number of nitrogens with zero attached hydrogens (tertiary/aromatic N) is 2. The Morgan fingerprint density at radius 2 is 1.82 bits per heavy atom. The van der Waals surface area contributed by atoms with Gasteiger partial charge in [-0.05, 0) is 84.4 Å². The van der Waals surface area contributed by atoms with E-state index in [0.717, 1.165) is 52.8 Å². The molecule has 8 heteroatoms. The van der Waals surface area contributed by atoms with E-state index in [9.17, 15) is 14.3 Å². The number of aliphatic hydroxyl groups is 1. The molecule has 2 atom stereocenters. The third-order valence-electron chi connectivity index (χ3n) is 7.47. The fourth-order valence-corrected chi connectivity index (χ4v) is 6.11. The second kappa shape index (κ2) is 10.6. The Bertz CT molecular complexity index is 1600. The van der Waals surface area contributed by atoms with Crippen LogP contribution in [0, 0.1) is 5.82 Å². The summed E-state index contributed by atoms with van der Waals surface area (Å²) in [6, 6.07) is 18.7. The zero-order valence-electron chi connectivity index (χ0n) is 21.0. The minimum atomic E-state index is -0.716. The summed E-state index contributed by atoms with van der Waals surface area (Å²) < 4.78 is 15.3. The molecule has 1 heterocycles. The SMILES string of the molecule is O=C(N[C@H]1c2ccccc2C[C@H]1O)c1nn(-c2ccc(Cl)cc2Cl)c2c1CCCC/C2=C\c1ccc(F)cc1. The van der Waals surface area contributed by atoms with Crippen LogP contribution in [0.2, 0.25) is 10.0 Å². The minimum absolute atomic E-state index is 0.300. The molecule has 0 saturated heterocycles. The largest absolute Gasteiger partial charge is 0.390 e. The Morgan fingerprint density at radius 3 is 2.62 bits per heavy atom. The number of allylic oxidation sites excluding steroid dienone is 1. The van der Waals surface area contributed by atoms with Gasteiger partial charge in [-0.15, -0.1) is 0 Å². The molecular weight excluding hydrogens is 536 g/mol. The number of hydrogen-bond acceptors (Lipinski definition) is 3. The number of aromatic nitrogens is 2. The highest BCUT2D eigenvalue weighted by Gasteiger charge is 2.34. The molecule has 198 valence electrons. The van der Waals surface area contributed by atoms with E-state index in [4.69, 9.17) is 28.3 Å². The van der Waals surface area contributed by atoms with Crippen LogP contribution in [-0.2, 0) is 12.8 Å². The minimum Gasteiger partial charge on any atom is -0.390 e. The van der Waals surface area contributed by atoms with E-state index in [0.29, 0.717) is 34.3 Å². The van der Waals surface area contributed by atoms with Gasteiger partial charge >= 0.3 is 0 Å². The quantitative estimate of drug-likeness (QED) is 0.264. The summed E-state index contributed by atoms with van der Waals surface area (Å²) in [6.07, 6.45) is 5.01. The number of carbonyl (C=O) groups excluding carboxylic acids is 1. The molecule has 1 amide bonds. The van der Waals surface area contributed by atoms with Crippen LogP contribution in [0.1, 0.15) is 63.7 Å². The fourth-order valence-electron chi connectivity index (χ4n) is 5.62. The van der Waals surface area contributed by atoms with Crippen LogP contribution in [0.5, 0.6) is 0 Å². The van der Waals surface area contributed by atoms with Crippen LogP contribution in [0.4, 0.5) is 4.39 Å². The Balaban J connectivity index is 1.48. The van der Waals surface area contributed by atoms with E-state index in [2.05, 4.69) is 5.32 Å². The molecule has 0 fully saturated rings. The molecule has 2 N–H and O–H groups in total. The predicted octanol–water partition coefficient (Wildman–Crippen LogP) is 6.97. The summed E-state index contributed by atoms with van der Waals surface area (Å²) in [4.78, 5) is 13.8. The van der Waals surface area contributed by atoms with Gasteiger partial charge in [0.05, 0.1) is 28.5 Å². The molecule has 0 unspecified atom stereocenters. The maximum Gasteiger partial charge on any atom is 0.272 e. The van der Waals surface area contributed by atoms with Gasteiger partial charge in [-0.1, -0.05) is 59.6 Å². The summed E-state index contributed by atoms with van der Waals surface area (Å²) >= 11 is 12.8. The number of fused-ring (bicyclic) bond motifs is 2. The van der Waals surface area contributed by atoms with Crippen molar-refractivity contribution < 1.29 is 14.3 Å². The monoisotopic (exact) mass is 561 g/mol. The average molecular weight is 562 g/mol. The van der Waals surface area contributed by atoms with Gasteiger partial charge in [-0.2, -0.15) is 5.10 Å². The summed E-state index contributed by atoms with van der Waals surface area (Å²) in [5, 5.41) is 19.5. The molecule has 3 aromatic carbocycles. The molecule has 0 spiro atoms. The molecule has 1 aromatic heterocycles. The molecule has 2 aliphatic rings. The van der Waals surface area contributed by atoms with Crippen LogP contribution >= 0.6 is 23.2 Å². The highest BCUT2D eigenvalue weighted by molar-refractivity contribution is 6.35. The van der Waals surface area contributed by atoms with Crippen molar-refractivity contribution in [1.29, 1.82) is 0 Å². The van der Waals surface area contributed by atoms with Gasteiger partial charge < -0.3 is 10.4 Å². The first-order chi connectivity index (χ1) is 18.9. The summed E-state index contributed by atoms with van der Waals surface area (Å²) in [5.74, 6) is -0.648. The molecule has 0 aliphatic heterocycles. The first-order valence-electron chi connectivity index (χ1n) is 13.0. The van der Waals surface area contributed by atoms with E-state index in [1.165, 1.54) is 12.1 Å². The topological polar surface area (TPSA) is 67.2 Å². The van der Waals surface area contributed by atoms with E-state index >= 15 is 0 Å². The van der Waals surface area contributed by atoms with Crippen molar-refractivity contribution >= 4 is 40.8 Å². The Kier molecular flexibility index (Phi) is 7.02. The summed E-state index contributed by atoms with van der Waals surface area (Å²) in [5.41, 5.74) is 6.32. The number of amides is 1. The van der Waals surface area contributed by atoms with Crippen molar-refractivity contribution in [3.8, 4) is 5.69 Å². The van der Waals surface area contributed by atoms with E-state index in [1.54, 1.807) is 35.0 Å². The lowest BCUT2D eigenvalue weighted by Gasteiger charge is -2.17. The van der Waals surface area contributed by atoms with Crippen LogP contribution < -0.4 is 5.32 Å². The van der Waals surface area contributed by atoms with Gasteiger partial charge in [0.2, 0.25) is 0 Å². The first-order valence-corrected chi connectivity index (χ1v) is 13.7. The summed E-state index contributed by atoms with van der Waals surface area (Å²) in [6.45, 7) is 0. The number of halogens is 3. The van der Waals surface area contributed by atoms with Crippen LogP contribution in [0.25, 0.3) is 17.3 Å². The molecular formula is C31H26Cl2FN3O2. The smallest absolute Gasteiger partial charge is 0.272 e. The summed E-state index contributed by atoms with van der Waals surface area (Å²) in [7, 11) is 0. The molecule has 4 aromatic rings. The fraction of sp³-hybridized carbons (Fsp3) is 0.226. The zero-order chi connectivity index (χ0) is 27.1. The highest BCUT2D eigenvalue weighted by atomic mass is 35.5. The van der Waals surface area contributed by atoms with Crippen LogP contribution in [0.15, 0.2) is 66.7 Å². The van der Waals surface area contributed by atoms with Gasteiger partial charge in [0, 0.05) is 17.0 Å². The van der Waals surface area contributed by atoms with Crippen molar-refractivity contribution in [1.82, 2.24) is 15.1 Å². The van der Waals surface area contributed by atoms with E-state index in [-0.39, 0.29) is 11.7 Å². The number of hydrogen-bond donors (Lipinski definition) is 2. The molecule has 5 nitrogen and oxygen atoms in total. The van der Waals surface area contributed by atoms with Crippen molar-refractivity contribution in [2.75, 3.05) is 0 Å². The number of rotatable bonds is 4. The van der Waals surface area contributed by atoms with Crippen molar-refractivity contribution in [2.24, 2.45) is 0 Å².